The van der Waals surface area contributed by atoms with Crippen molar-refractivity contribution < 1.29 is 19.1 Å². The zero-order chi connectivity index (χ0) is 23.1. The molecule has 3 heterocycles. The van der Waals surface area contributed by atoms with Crippen LogP contribution in [0.4, 0.5) is 15.4 Å². The van der Waals surface area contributed by atoms with E-state index >= 15 is 0 Å². The van der Waals surface area contributed by atoms with Gasteiger partial charge in [0.2, 0.25) is 0 Å². The Kier molecular flexibility index (Phi) is 8.08. The van der Waals surface area contributed by atoms with Gasteiger partial charge in [-0.25, -0.2) is 19.6 Å². The van der Waals surface area contributed by atoms with Crippen molar-refractivity contribution in [3.63, 3.8) is 0 Å². The lowest BCUT2D eigenvalue weighted by molar-refractivity contribution is 0.0899. The van der Waals surface area contributed by atoms with Crippen LogP contribution in [0, 0.1) is 5.92 Å². The fourth-order valence-electron chi connectivity index (χ4n) is 3.51. The first-order chi connectivity index (χ1) is 15.2. The summed E-state index contributed by atoms with van der Waals surface area (Å²) in [6.07, 6.45) is 4.80. The number of methoxy groups -OCH3 is 1. The van der Waals surface area contributed by atoms with Crippen molar-refractivity contribution in [1.82, 2.24) is 24.8 Å². The quantitative estimate of drug-likeness (QED) is 0.460. The molecule has 1 saturated heterocycles. The number of hydrogen-bond acceptors (Lipinski definition) is 6. The molecule has 176 valence electrons. The monoisotopic (exact) mass is 462 g/mol. The number of nitrogens with one attached hydrogen (secondary N) is 2. The van der Waals surface area contributed by atoms with Crippen molar-refractivity contribution in [2.24, 2.45) is 5.92 Å². The maximum absolute atomic E-state index is 12.3. The molecule has 1 aliphatic rings. The molecule has 3 rings (SSSR count). The number of anilines is 1. The molecule has 1 aliphatic heterocycles. The largest absolute Gasteiger partial charge is 0.453 e. The number of carbonyl (C=O) groups is 2. The van der Waals surface area contributed by atoms with Crippen LogP contribution in [0.3, 0.4) is 0 Å². The van der Waals surface area contributed by atoms with Crippen molar-refractivity contribution >= 4 is 37.2 Å². The summed E-state index contributed by atoms with van der Waals surface area (Å²) in [7, 11) is 0.275. The normalized spacial score (nSPS) is 15.1. The predicted molar refractivity (Wildman–Crippen MR) is 125 cm³/mol. The number of aromatic nitrogens is 3. The van der Waals surface area contributed by atoms with Crippen LogP contribution < -0.4 is 10.6 Å². The van der Waals surface area contributed by atoms with Gasteiger partial charge in [0.1, 0.15) is 12.2 Å². The van der Waals surface area contributed by atoms with Crippen molar-refractivity contribution in [2.45, 2.75) is 45.3 Å². The molecular formula is C21H34N6O4Si. The number of fused-ring (bicyclic) bond motifs is 1. The van der Waals surface area contributed by atoms with E-state index in [4.69, 9.17) is 9.47 Å². The van der Waals surface area contributed by atoms with E-state index in [1.807, 2.05) is 16.8 Å². The second-order valence-electron chi connectivity index (χ2n) is 9.33. The zero-order valence-corrected chi connectivity index (χ0v) is 20.4. The molecule has 11 heteroatoms. The summed E-state index contributed by atoms with van der Waals surface area (Å²) in [5.41, 5.74) is 1.42. The highest BCUT2D eigenvalue weighted by atomic mass is 28.3. The molecule has 0 aliphatic carbocycles. The Hall–Kier alpha value is -2.66. The van der Waals surface area contributed by atoms with E-state index in [2.05, 4.69) is 40.2 Å². The lowest BCUT2D eigenvalue weighted by Gasteiger charge is -2.30. The molecule has 1 fully saturated rings. The summed E-state index contributed by atoms with van der Waals surface area (Å²) in [6, 6.07) is 2.66. The van der Waals surface area contributed by atoms with Crippen LogP contribution in [-0.4, -0.2) is 73.0 Å². The van der Waals surface area contributed by atoms with Crippen LogP contribution in [0.5, 0.6) is 0 Å². The topological polar surface area (TPSA) is 111 Å². The van der Waals surface area contributed by atoms with Gasteiger partial charge in [-0.3, -0.25) is 5.32 Å². The van der Waals surface area contributed by atoms with E-state index in [9.17, 15) is 9.59 Å². The summed E-state index contributed by atoms with van der Waals surface area (Å²) in [4.78, 5) is 34.4. The number of likely N-dealkylation sites (tertiary alicyclic amines) is 1. The van der Waals surface area contributed by atoms with E-state index in [1.54, 1.807) is 11.1 Å². The van der Waals surface area contributed by atoms with Crippen LogP contribution in [0.25, 0.3) is 11.2 Å². The van der Waals surface area contributed by atoms with Gasteiger partial charge in [-0.1, -0.05) is 19.6 Å². The van der Waals surface area contributed by atoms with E-state index in [0.717, 1.165) is 31.1 Å². The maximum Gasteiger partial charge on any atom is 0.409 e. The number of nitrogens with zero attached hydrogens (tertiary/aromatic N) is 4. The number of urea groups is 1. The molecule has 0 bridgehead atoms. The number of ether oxygens (including phenoxy) is 2. The third-order valence-corrected chi connectivity index (χ3v) is 7.23. The standard InChI is InChI=1S/C21H34N6O4Si/c1-30-21(29)26-8-5-16(6-9-26)13-23-20(28)25-18-14-22-19-17(24-18)7-10-27(19)15-31-11-12-32(2,3)4/h7,10,14,16H,5-6,8-9,11-13,15H2,1-4H3,(H2,23,24,25,28). The summed E-state index contributed by atoms with van der Waals surface area (Å²) in [6.45, 7) is 9.97. The lowest BCUT2D eigenvalue weighted by atomic mass is 9.97. The molecule has 0 aromatic carbocycles. The minimum absolute atomic E-state index is 0.296. The van der Waals surface area contributed by atoms with Crippen molar-refractivity contribution in [1.29, 1.82) is 0 Å². The van der Waals surface area contributed by atoms with Crippen molar-refractivity contribution in [3.05, 3.63) is 18.5 Å². The first-order valence-electron chi connectivity index (χ1n) is 11.0. The fourth-order valence-corrected chi connectivity index (χ4v) is 4.27. The number of piperidine rings is 1. The zero-order valence-electron chi connectivity index (χ0n) is 19.4. The molecule has 10 nitrogen and oxygen atoms in total. The number of rotatable bonds is 8. The minimum Gasteiger partial charge on any atom is -0.453 e. The van der Waals surface area contributed by atoms with Crippen molar-refractivity contribution in [2.75, 3.05) is 38.7 Å². The Balaban J connectivity index is 1.44. The van der Waals surface area contributed by atoms with Gasteiger partial charge in [0, 0.05) is 40.5 Å². The summed E-state index contributed by atoms with van der Waals surface area (Å²) >= 11 is 0. The third kappa shape index (κ3) is 6.92. The Morgan fingerprint density at radius 1 is 1.25 bits per heavy atom. The lowest BCUT2D eigenvalue weighted by Crippen LogP contribution is -2.42. The van der Waals surface area contributed by atoms with E-state index in [-0.39, 0.29) is 12.1 Å². The molecule has 0 unspecified atom stereocenters. The molecule has 0 atom stereocenters. The van der Waals surface area contributed by atoms with Crippen LogP contribution in [0.15, 0.2) is 18.5 Å². The number of carbonyl (C=O) groups excluding carboxylic acids is 2. The van der Waals surface area contributed by atoms with Crippen molar-refractivity contribution in [3.8, 4) is 0 Å². The van der Waals surface area contributed by atoms with Crippen LogP contribution >= 0.6 is 0 Å². The van der Waals surface area contributed by atoms with Crippen LogP contribution in [-0.2, 0) is 16.2 Å². The molecule has 0 radical (unpaired) electrons. The second-order valence-corrected chi connectivity index (χ2v) is 15.0. The Morgan fingerprint density at radius 2 is 2.00 bits per heavy atom. The van der Waals surface area contributed by atoms with Gasteiger partial charge in [0.15, 0.2) is 11.5 Å². The van der Waals surface area contributed by atoms with Crippen LogP contribution in [0.2, 0.25) is 25.7 Å². The predicted octanol–water partition coefficient (Wildman–Crippen LogP) is 3.34. The van der Waals surface area contributed by atoms with Crippen LogP contribution in [0.1, 0.15) is 12.8 Å². The molecule has 2 N–H and O–H groups in total. The highest BCUT2D eigenvalue weighted by Crippen LogP contribution is 2.17. The number of amides is 3. The molecule has 0 spiro atoms. The second kappa shape index (κ2) is 10.8. The molecule has 2 aromatic heterocycles. The molecule has 3 amide bonds. The first-order valence-corrected chi connectivity index (χ1v) is 14.7. The first kappa shape index (κ1) is 24.0. The van der Waals surface area contributed by atoms with Gasteiger partial charge in [-0.2, -0.15) is 0 Å². The smallest absolute Gasteiger partial charge is 0.409 e. The fraction of sp³-hybridized carbons (Fsp3) is 0.619. The minimum atomic E-state index is -1.11. The highest BCUT2D eigenvalue weighted by Gasteiger charge is 2.23. The highest BCUT2D eigenvalue weighted by molar-refractivity contribution is 6.76. The van der Waals surface area contributed by atoms with Gasteiger partial charge in [0.05, 0.1) is 13.3 Å². The van der Waals surface area contributed by atoms with Gasteiger partial charge < -0.3 is 24.3 Å². The Labute approximate surface area is 189 Å². The van der Waals surface area contributed by atoms with E-state index in [1.165, 1.54) is 7.11 Å². The average Bonchev–Trinajstić information content (AvgIpc) is 3.16. The Bertz CT molecular complexity index is 921. The van der Waals surface area contributed by atoms with Gasteiger partial charge in [0.25, 0.3) is 0 Å². The molecule has 32 heavy (non-hydrogen) atoms. The molecule has 2 aromatic rings. The summed E-state index contributed by atoms with van der Waals surface area (Å²) < 4.78 is 12.5. The summed E-state index contributed by atoms with van der Waals surface area (Å²) in [5, 5.41) is 5.63. The molecular weight excluding hydrogens is 428 g/mol. The Morgan fingerprint density at radius 3 is 2.69 bits per heavy atom. The van der Waals surface area contributed by atoms with Gasteiger partial charge >= 0.3 is 12.1 Å². The summed E-state index contributed by atoms with van der Waals surface area (Å²) in [5.74, 6) is 0.720. The third-order valence-electron chi connectivity index (χ3n) is 5.53. The van der Waals surface area contributed by atoms with E-state index in [0.29, 0.717) is 43.6 Å². The number of hydrogen-bond donors (Lipinski definition) is 2. The van der Waals surface area contributed by atoms with Gasteiger partial charge in [-0.15, -0.1) is 0 Å². The maximum atomic E-state index is 12.3. The average molecular weight is 463 g/mol. The SMILES string of the molecule is COC(=O)N1CCC(CNC(=O)Nc2cnc3c(ccn3COCC[Si](C)(C)C)n2)CC1. The molecule has 0 saturated carbocycles. The van der Waals surface area contributed by atoms with E-state index < -0.39 is 8.07 Å². The van der Waals surface area contributed by atoms with Gasteiger partial charge in [-0.05, 0) is 30.9 Å².